The van der Waals surface area contributed by atoms with Gasteiger partial charge >= 0.3 is 6.01 Å². The molecule has 2 aromatic heterocycles. The number of likely N-dealkylation sites (tertiary alicyclic amines) is 1. The highest BCUT2D eigenvalue weighted by molar-refractivity contribution is 5.98. The Morgan fingerprint density at radius 3 is 2.81 bits per heavy atom. The van der Waals surface area contributed by atoms with E-state index in [0.717, 1.165) is 23.7 Å². The van der Waals surface area contributed by atoms with Crippen LogP contribution in [-0.4, -0.2) is 52.1 Å². The molecule has 3 heterocycles. The summed E-state index contributed by atoms with van der Waals surface area (Å²) in [6.45, 7) is 1.31. The van der Waals surface area contributed by atoms with Crippen molar-refractivity contribution in [3.63, 3.8) is 0 Å². The number of aromatic nitrogens is 3. The Hall–Kier alpha value is -3.09. The second-order valence-corrected chi connectivity index (χ2v) is 6.26. The molecule has 1 aromatic carbocycles. The van der Waals surface area contributed by atoms with Crippen LogP contribution in [0.15, 0.2) is 42.6 Å². The molecule has 1 saturated heterocycles. The lowest BCUT2D eigenvalue weighted by atomic mass is 10.1. The largest absolute Gasteiger partial charge is 0.474 e. The number of ether oxygens (including phenoxy) is 2. The molecule has 3 aromatic rings. The molecular formula is C19H20N4O3. The summed E-state index contributed by atoms with van der Waals surface area (Å²) < 4.78 is 10.9. The fraction of sp³-hybridized carbons (Fsp3) is 0.316. The Labute approximate surface area is 151 Å². The minimum absolute atomic E-state index is 0.0290. The summed E-state index contributed by atoms with van der Waals surface area (Å²) in [5.74, 6) is 0.528. The monoisotopic (exact) mass is 352 g/mol. The Morgan fingerprint density at radius 2 is 2.04 bits per heavy atom. The molecule has 134 valence electrons. The normalized spacial score (nSPS) is 15.2. The number of nitrogens with zero attached hydrogens (tertiary/aromatic N) is 3. The minimum atomic E-state index is 0.0290. The molecule has 7 nitrogen and oxygen atoms in total. The van der Waals surface area contributed by atoms with E-state index < -0.39 is 0 Å². The number of hydrogen-bond donors (Lipinski definition) is 1. The van der Waals surface area contributed by atoms with Gasteiger partial charge in [-0.3, -0.25) is 4.79 Å². The lowest BCUT2D eigenvalue weighted by Gasteiger charge is -2.31. The maximum atomic E-state index is 12.7. The van der Waals surface area contributed by atoms with Crippen molar-refractivity contribution in [3.05, 3.63) is 48.3 Å². The third kappa shape index (κ3) is 3.33. The van der Waals surface area contributed by atoms with Crippen LogP contribution in [-0.2, 0) is 0 Å². The number of para-hydroxylation sites is 1. The molecule has 1 aliphatic rings. The van der Waals surface area contributed by atoms with Crippen LogP contribution >= 0.6 is 0 Å². The zero-order valence-corrected chi connectivity index (χ0v) is 14.5. The van der Waals surface area contributed by atoms with Crippen LogP contribution in [0, 0.1) is 0 Å². The number of rotatable bonds is 4. The highest BCUT2D eigenvalue weighted by Crippen LogP contribution is 2.21. The second-order valence-electron chi connectivity index (χ2n) is 6.26. The van der Waals surface area contributed by atoms with E-state index in [-0.39, 0.29) is 18.0 Å². The van der Waals surface area contributed by atoms with Crippen LogP contribution in [0.2, 0.25) is 0 Å². The average Bonchev–Trinajstić information content (AvgIpc) is 3.12. The standard InChI is InChI=1S/C19H20N4O3/c1-25-19-20-9-6-17(22-19)26-14-7-10-23(11-8-14)18(24)16-12-13-4-2-3-5-15(13)21-16/h2-6,9,12,14,21H,7-8,10-11H2,1H3. The number of amides is 1. The molecular weight excluding hydrogens is 332 g/mol. The summed E-state index contributed by atoms with van der Waals surface area (Å²) in [6.07, 6.45) is 3.16. The summed E-state index contributed by atoms with van der Waals surface area (Å²) in [4.78, 5) is 25.9. The Morgan fingerprint density at radius 1 is 1.23 bits per heavy atom. The molecule has 1 amide bonds. The van der Waals surface area contributed by atoms with Crippen molar-refractivity contribution in [1.82, 2.24) is 19.9 Å². The molecule has 1 aliphatic heterocycles. The zero-order chi connectivity index (χ0) is 17.9. The maximum Gasteiger partial charge on any atom is 0.319 e. The summed E-state index contributed by atoms with van der Waals surface area (Å²) in [5, 5.41) is 1.05. The van der Waals surface area contributed by atoms with Crippen molar-refractivity contribution >= 4 is 16.8 Å². The van der Waals surface area contributed by atoms with Gasteiger partial charge in [-0.25, -0.2) is 4.98 Å². The van der Waals surface area contributed by atoms with Gasteiger partial charge in [0, 0.05) is 49.1 Å². The zero-order valence-electron chi connectivity index (χ0n) is 14.5. The van der Waals surface area contributed by atoms with E-state index in [1.165, 1.54) is 7.11 Å². The summed E-state index contributed by atoms with van der Waals surface area (Å²) in [7, 11) is 1.52. The van der Waals surface area contributed by atoms with Crippen LogP contribution < -0.4 is 9.47 Å². The van der Waals surface area contributed by atoms with Crippen LogP contribution in [0.4, 0.5) is 0 Å². The average molecular weight is 352 g/mol. The minimum Gasteiger partial charge on any atom is -0.474 e. The number of methoxy groups -OCH3 is 1. The molecule has 0 unspecified atom stereocenters. The molecule has 0 aliphatic carbocycles. The van der Waals surface area contributed by atoms with E-state index in [1.807, 2.05) is 35.2 Å². The SMILES string of the molecule is COc1nccc(OC2CCN(C(=O)c3cc4ccccc4[nH]3)CC2)n1. The van der Waals surface area contributed by atoms with Gasteiger partial charge in [-0.1, -0.05) is 18.2 Å². The van der Waals surface area contributed by atoms with Gasteiger partial charge in [-0.05, 0) is 12.1 Å². The lowest BCUT2D eigenvalue weighted by Crippen LogP contribution is -2.42. The van der Waals surface area contributed by atoms with Crippen LogP contribution in [0.3, 0.4) is 0 Å². The molecule has 0 radical (unpaired) electrons. The third-order valence-corrected chi connectivity index (χ3v) is 4.57. The number of aromatic amines is 1. The van der Waals surface area contributed by atoms with Crippen molar-refractivity contribution in [3.8, 4) is 11.9 Å². The van der Waals surface area contributed by atoms with E-state index >= 15 is 0 Å². The Kier molecular flexibility index (Phi) is 4.43. The fourth-order valence-electron chi connectivity index (χ4n) is 3.20. The number of carbonyl (C=O) groups excluding carboxylic acids is 1. The molecule has 0 atom stereocenters. The number of benzene rings is 1. The van der Waals surface area contributed by atoms with Crippen LogP contribution in [0.5, 0.6) is 11.9 Å². The first kappa shape index (κ1) is 16.4. The van der Waals surface area contributed by atoms with Crippen molar-refractivity contribution in [2.45, 2.75) is 18.9 Å². The fourth-order valence-corrected chi connectivity index (χ4v) is 3.20. The number of carbonyl (C=O) groups is 1. The Balaban J connectivity index is 1.37. The number of fused-ring (bicyclic) bond motifs is 1. The number of piperidine rings is 1. The molecule has 1 N–H and O–H groups in total. The van der Waals surface area contributed by atoms with Crippen LogP contribution in [0.25, 0.3) is 10.9 Å². The number of hydrogen-bond acceptors (Lipinski definition) is 5. The van der Waals surface area contributed by atoms with Gasteiger partial charge in [0.15, 0.2) is 0 Å². The molecule has 7 heteroatoms. The third-order valence-electron chi connectivity index (χ3n) is 4.57. The number of H-pyrrole nitrogens is 1. The van der Waals surface area contributed by atoms with Gasteiger partial charge in [0.2, 0.25) is 5.88 Å². The topological polar surface area (TPSA) is 80.3 Å². The van der Waals surface area contributed by atoms with Gasteiger partial charge in [-0.15, -0.1) is 0 Å². The van der Waals surface area contributed by atoms with E-state index in [2.05, 4.69) is 15.0 Å². The van der Waals surface area contributed by atoms with Gasteiger partial charge in [0.05, 0.1) is 7.11 Å². The Bertz CT molecular complexity index is 883. The van der Waals surface area contributed by atoms with Crippen molar-refractivity contribution in [2.24, 2.45) is 0 Å². The quantitative estimate of drug-likeness (QED) is 0.781. The van der Waals surface area contributed by atoms with Crippen molar-refractivity contribution < 1.29 is 14.3 Å². The van der Waals surface area contributed by atoms with Crippen molar-refractivity contribution in [2.75, 3.05) is 20.2 Å². The molecule has 1 fully saturated rings. The predicted octanol–water partition coefficient (Wildman–Crippen LogP) is 2.65. The van der Waals surface area contributed by atoms with Crippen molar-refractivity contribution in [1.29, 1.82) is 0 Å². The molecule has 26 heavy (non-hydrogen) atoms. The highest BCUT2D eigenvalue weighted by Gasteiger charge is 2.26. The first-order valence-electron chi connectivity index (χ1n) is 8.63. The summed E-state index contributed by atoms with van der Waals surface area (Å²) in [5.41, 5.74) is 1.61. The lowest BCUT2D eigenvalue weighted by molar-refractivity contribution is 0.0582. The van der Waals surface area contributed by atoms with Gasteiger partial charge in [-0.2, -0.15) is 4.98 Å². The van der Waals surface area contributed by atoms with Gasteiger partial charge in [0.25, 0.3) is 5.91 Å². The van der Waals surface area contributed by atoms with Gasteiger partial charge in [0.1, 0.15) is 11.8 Å². The molecule has 0 saturated carbocycles. The maximum absolute atomic E-state index is 12.7. The number of nitrogens with one attached hydrogen (secondary N) is 1. The highest BCUT2D eigenvalue weighted by atomic mass is 16.5. The molecule has 4 rings (SSSR count). The second kappa shape index (κ2) is 7.03. The predicted molar refractivity (Wildman–Crippen MR) is 96.4 cm³/mol. The van der Waals surface area contributed by atoms with E-state index in [4.69, 9.17) is 9.47 Å². The van der Waals surface area contributed by atoms with E-state index in [9.17, 15) is 4.79 Å². The first-order chi connectivity index (χ1) is 12.7. The summed E-state index contributed by atoms with van der Waals surface area (Å²) in [6, 6.07) is 11.8. The molecule has 0 spiro atoms. The van der Waals surface area contributed by atoms with Crippen LogP contribution in [0.1, 0.15) is 23.3 Å². The van der Waals surface area contributed by atoms with E-state index in [1.54, 1.807) is 12.3 Å². The molecule has 0 bridgehead atoms. The first-order valence-corrected chi connectivity index (χ1v) is 8.63. The van der Waals surface area contributed by atoms with Gasteiger partial charge < -0.3 is 19.4 Å². The smallest absolute Gasteiger partial charge is 0.319 e. The van der Waals surface area contributed by atoms with E-state index in [0.29, 0.717) is 24.7 Å². The summed E-state index contributed by atoms with van der Waals surface area (Å²) >= 11 is 0.